The number of ether oxygens (including phenoxy) is 1. The van der Waals surface area contributed by atoms with Crippen molar-refractivity contribution in [3.8, 4) is 5.75 Å². The van der Waals surface area contributed by atoms with E-state index in [-0.39, 0.29) is 6.04 Å². The predicted molar refractivity (Wildman–Crippen MR) is 48.2 cm³/mol. The number of nitrogens with two attached hydrogens (primary N) is 1. The fourth-order valence-corrected chi connectivity index (χ4v) is 1.50. The molecule has 2 nitrogen and oxygen atoms in total. The van der Waals surface area contributed by atoms with Crippen LogP contribution in [-0.2, 0) is 6.42 Å². The summed E-state index contributed by atoms with van der Waals surface area (Å²) in [7, 11) is 0. The van der Waals surface area contributed by atoms with Crippen LogP contribution < -0.4 is 10.5 Å². The number of hydrogen-bond donors (Lipinski definition) is 1. The molecule has 0 saturated heterocycles. The molecule has 64 valence electrons. The Kier molecular flexibility index (Phi) is 1.77. The summed E-state index contributed by atoms with van der Waals surface area (Å²) in [5, 5.41) is 0. The zero-order valence-corrected chi connectivity index (χ0v) is 7.21. The predicted octanol–water partition coefficient (Wildman–Crippen LogP) is 1.64. The van der Waals surface area contributed by atoms with E-state index in [0.717, 1.165) is 17.7 Å². The minimum Gasteiger partial charge on any atom is -0.491 e. The maximum absolute atomic E-state index is 5.81. The summed E-state index contributed by atoms with van der Waals surface area (Å²) in [4.78, 5) is 0. The van der Waals surface area contributed by atoms with E-state index in [2.05, 4.69) is 25.1 Å². The van der Waals surface area contributed by atoms with E-state index in [1.54, 1.807) is 0 Å². The highest BCUT2D eigenvalue weighted by Gasteiger charge is 2.19. The van der Waals surface area contributed by atoms with Crippen molar-refractivity contribution >= 4 is 0 Å². The summed E-state index contributed by atoms with van der Waals surface area (Å²) in [6, 6.07) is 6.35. The Morgan fingerprint density at radius 2 is 2.42 bits per heavy atom. The van der Waals surface area contributed by atoms with Gasteiger partial charge in [0, 0.05) is 5.56 Å². The van der Waals surface area contributed by atoms with Crippen molar-refractivity contribution in [3.63, 3.8) is 0 Å². The molecule has 0 spiro atoms. The highest BCUT2D eigenvalue weighted by Crippen LogP contribution is 2.31. The van der Waals surface area contributed by atoms with Crippen LogP contribution in [0.25, 0.3) is 0 Å². The maximum Gasteiger partial charge on any atom is 0.124 e. The summed E-state index contributed by atoms with van der Waals surface area (Å²) in [5.74, 6) is 0.974. The third-order valence-corrected chi connectivity index (χ3v) is 2.30. The average Bonchev–Trinajstić information content (AvgIpc) is 2.47. The SMILES string of the molecule is CCc1ccc2c(c1)OC[C@@H]2N. The molecule has 1 aromatic carbocycles. The number of fused-ring (bicyclic) bond motifs is 1. The fourth-order valence-electron chi connectivity index (χ4n) is 1.50. The van der Waals surface area contributed by atoms with Crippen molar-refractivity contribution in [2.45, 2.75) is 19.4 Å². The lowest BCUT2D eigenvalue weighted by Crippen LogP contribution is -2.10. The van der Waals surface area contributed by atoms with Crippen LogP contribution >= 0.6 is 0 Å². The van der Waals surface area contributed by atoms with Gasteiger partial charge in [-0.05, 0) is 18.1 Å². The summed E-state index contributed by atoms with van der Waals surface area (Å²) in [5.41, 5.74) is 8.27. The first kappa shape index (κ1) is 7.62. The van der Waals surface area contributed by atoms with Gasteiger partial charge in [0.05, 0.1) is 6.04 Å². The van der Waals surface area contributed by atoms with Crippen LogP contribution in [0.2, 0.25) is 0 Å². The fraction of sp³-hybridized carbons (Fsp3) is 0.400. The first-order chi connectivity index (χ1) is 5.81. The lowest BCUT2D eigenvalue weighted by Gasteiger charge is -2.01. The smallest absolute Gasteiger partial charge is 0.124 e. The molecule has 0 fully saturated rings. The number of aryl methyl sites for hydroxylation is 1. The second-order valence-electron chi connectivity index (χ2n) is 3.14. The van der Waals surface area contributed by atoms with Crippen molar-refractivity contribution in [3.05, 3.63) is 29.3 Å². The van der Waals surface area contributed by atoms with E-state index in [1.165, 1.54) is 5.56 Å². The minimum absolute atomic E-state index is 0.0749. The van der Waals surface area contributed by atoms with Gasteiger partial charge in [-0.2, -0.15) is 0 Å². The van der Waals surface area contributed by atoms with Crippen LogP contribution in [-0.4, -0.2) is 6.61 Å². The topological polar surface area (TPSA) is 35.2 Å². The summed E-state index contributed by atoms with van der Waals surface area (Å²) in [6.45, 7) is 2.76. The molecule has 0 aromatic heterocycles. The van der Waals surface area contributed by atoms with Crippen LogP contribution in [0.3, 0.4) is 0 Å². The molecule has 1 aliphatic heterocycles. The highest BCUT2D eigenvalue weighted by atomic mass is 16.5. The molecular formula is C10H13NO. The molecule has 0 amide bonds. The lowest BCUT2D eigenvalue weighted by atomic mass is 10.1. The molecular weight excluding hydrogens is 150 g/mol. The number of benzene rings is 1. The Balaban J connectivity index is 2.41. The van der Waals surface area contributed by atoms with Crippen LogP contribution in [0.5, 0.6) is 5.75 Å². The van der Waals surface area contributed by atoms with E-state index in [0.29, 0.717) is 6.61 Å². The van der Waals surface area contributed by atoms with E-state index in [4.69, 9.17) is 10.5 Å². The zero-order chi connectivity index (χ0) is 8.55. The standard InChI is InChI=1S/C10H13NO/c1-2-7-3-4-8-9(11)6-12-10(8)5-7/h3-5,9H,2,6,11H2,1H3/t9-/m0/s1. The van der Waals surface area contributed by atoms with Gasteiger partial charge < -0.3 is 10.5 Å². The van der Waals surface area contributed by atoms with Crippen LogP contribution in [0, 0.1) is 0 Å². The van der Waals surface area contributed by atoms with Gasteiger partial charge in [0.15, 0.2) is 0 Å². The first-order valence-corrected chi connectivity index (χ1v) is 4.32. The third kappa shape index (κ3) is 1.08. The third-order valence-electron chi connectivity index (χ3n) is 2.30. The molecule has 12 heavy (non-hydrogen) atoms. The van der Waals surface area contributed by atoms with Gasteiger partial charge in [-0.15, -0.1) is 0 Å². The van der Waals surface area contributed by atoms with Crippen LogP contribution in [0.4, 0.5) is 0 Å². The number of rotatable bonds is 1. The molecule has 0 radical (unpaired) electrons. The molecule has 1 aliphatic rings. The van der Waals surface area contributed by atoms with Gasteiger partial charge in [-0.1, -0.05) is 19.1 Å². The van der Waals surface area contributed by atoms with E-state index in [1.807, 2.05) is 0 Å². The van der Waals surface area contributed by atoms with E-state index < -0.39 is 0 Å². The number of hydrogen-bond acceptors (Lipinski definition) is 2. The molecule has 1 heterocycles. The first-order valence-electron chi connectivity index (χ1n) is 4.32. The Labute approximate surface area is 72.3 Å². The minimum atomic E-state index is 0.0749. The summed E-state index contributed by atoms with van der Waals surface area (Å²) >= 11 is 0. The van der Waals surface area contributed by atoms with Gasteiger partial charge in [0.1, 0.15) is 12.4 Å². The average molecular weight is 163 g/mol. The molecule has 2 N–H and O–H groups in total. The summed E-state index contributed by atoms with van der Waals surface area (Å²) in [6.07, 6.45) is 1.05. The molecule has 1 atom stereocenters. The monoisotopic (exact) mass is 163 g/mol. The Hall–Kier alpha value is -1.02. The second-order valence-corrected chi connectivity index (χ2v) is 3.14. The van der Waals surface area contributed by atoms with E-state index >= 15 is 0 Å². The molecule has 0 unspecified atom stereocenters. The quantitative estimate of drug-likeness (QED) is 0.683. The molecule has 0 bridgehead atoms. The van der Waals surface area contributed by atoms with Gasteiger partial charge in [-0.3, -0.25) is 0 Å². The summed E-state index contributed by atoms with van der Waals surface area (Å²) < 4.78 is 5.43. The van der Waals surface area contributed by atoms with Gasteiger partial charge in [-0.25, -0.2) is 0 Å². The normalized spacial score (nSPS) is 20.3. The van der Waals surface area contributed by atoms with Gasteiger partial charge >= 0.3 is 0 Å². The van der Waals surface area contributed by atoms with Crippen molar-refractivity contribution in [2.75, 3.05) is 6.61 Å². The molecule has 1 aromatic rings. The molecule has 2 rings (SSSR count). The molecule has 0 aliphatic carbocycles. The van der Waals surface area contributed by atoms with Crippen molar-refractivity contribution < 1.29 is 4.74 Å². The van der Waals surface area contributed by atoms with Gasteiger partial charge in [0.2, 0.25) is 0 Å². The second kappa shape index (κ2) is 2.79. The van der Waals surface area contributed by atoms with Gasteiger partial charge in [0.25, 0.3) is 0 Å². The highest BCUT2D eigenvalue weighted by molar-refractivity contribution is 5.42. The largest absolute Gasteiger partial charge is 0.491 e. The van der Waals surface area contributed by atoms with Crippen LogP contribution in [0.1, 0.15) is 24.1 Å². The zero-order valence-electron chi connectivity index (χ0n) is 7.21. The molecule has 0 saturated carbocycles. The van der Waals surface area contributed by atoms with E-state index in [9.17, 15) is 0 Å². The van der Waals surface area contributed by atoms with Crippen molar-refractivity contribution in [1.82, 2.24) is 0 Å². The Bertz CT molecular complexity index is 296. The lowest BCUT2D eigenvalue weighted by molar-refractivity contribution is 0.333. The van der Waals surface area contributed by atoms with Crippen LogP contribution in [0.15, 0.2) is 18.2 Å². The van der Waals surface area contributed by atoms with Crippen molar-refractivity contribution in [1.29, 1.82) is 0 Å². The van der Waals surface area contributed by atoms with Crippen molar-refractivity contribution in [2.24, 2.45) is 5.73 Å². The Morgan fingerprint density at radius 3 is 3.17 bits per heavy atom. The Morgan fingerprint density at radius 1 is 1.58 bits per heavy atom. The molecule has 2 heteroatoms. The maximum atomic E-state index is 5.81.